The van der Waals surface area contributed by atoms with E-state index in [1.165, 1.54) is 18.4 Å². The van der Waals surface area contributed by atoms with Crippen LogP contribution in [0.1, 0.15) is 49.1 Å². The average Bonchev–Trinajstić information content (AvgIpc) is 3.04. The van der Waals surface area contributed by atoms with Crippen molar-refractivity contribution in [2.45, 2.75) is 63.4 Å². The van der Waals surface area contributed by atoms with Crippen molar-refractivity contribution in [3.8, 4) is 0 Å². The fourth-order valence-electron chi connectivity index (χ4n) is 3.69. The third-order valence-electron chi connectivity index (χ3n) is 5.39. The normalized spacial score (nSPS) is 14.4. The lowest BCUT2D eigenvalue weighted by Crippen LogP contribution is -2.24. The number of hydrogen-bond acceptors (Lipinski definition) is 5. The smallest absolute Gasteiger partial charge is 0.262 e. The van der Waals surface area contributed by atoms with E-state index < -0.39 is 0 Å². The van der Waals surface area contributed by atoms with Crippen molar-refractivity contribution >= 4 is 22.7 Å². The van der Waals surface area contributed by atoms with Crippen molar-refractivity contribution in [1.82, 2.24) is 14.7 Å². The summed E-state index contributed by atoms with van der Waals surface area (Å²) >= 11 is 1.58. The molecule has 146 valence electrons. The highest BCUT2D eigenvalue weighted by Crippen LogP contribution is 2.27. The Hall–Kier alpha value is -2.34. The molecule has 1 aliphatic carbocycles. The van der Waals surface area contributed by atoms with Gasteiger partial charge in [-0.25, -0.2) is 4.98 Å². The van der Waals surface area contributed by atoms with Crippen LogP contribution in [0.15, 0.2) is 50.4 Å². The van der Waals surface area contributed by atoms with Gasteiger partial charge in [0.25, 0.3) is 5.56 Å². The molecule has 0 fully saturated rings. The molecular weight excluding hydrogens is 370 g/mol. The molecule has 28 heavy (non-hydrogen) atoms. The quantitative estimate of drug-likeness (QED) is 0.327. The zero-order valence-corrected chi connectivity index (χ0v) is 17.2. The van der Waals surface area contributed by atoms with Gasteiger partial charge in [0, 0.05) is 17.9 Å². The van der Waals surface area contributed by atoms with Crippen molar-refractivity contribution in [1.29, 1.82) is 0 Å². The molecule has 5 nitrogen and oxygen atoms in total. The molecule has 0 saturated heterocycles. The standard InChI is InChI=1S/C22H25N3O2S/c1-15-19(16(2)27-24-15)14-28-22-23-20-11-7-6-10-18(20)21(26)25(22)13-12-17-8-4-3-5-9-17/h6-8,10-11H,3-5,9,12-14H2,1-2H3. The van der Waals surface area contributed by atoms with Crippen LogP contribution >= 0.6 is 11.8 Å². The highest BCUT2D eigenvalue weighted by atomic mass is 32.2. The Morgan fingerprint density at radius 2 is 2.07 bits per heavy atom. The number of rotatable bonds is 6. The van der Waals surface area contributed by atoms with E-state index in [1.54, 1.807) is 11.8 Å². The van der Waals surface area contributed by atoms with Gasteiger partial charge >= 0.3 is 0 Å². The second-order valence-corrected chi connectivity index (χ2v) is 8.26. The first-order valence-corrected chi connectivity index (χ1v) is 10.8. The molecule has 6 heteroatoms. The van der Waals surface area contributed by atoms with Crippen molar-refractivity contribution < 1.29 is 4.52 Å². The van der Waals surface area contributed by atoms with Crippen LogP contribution in [-0.4, -0.2) is 14.7 Å². The molecule has 0 amide bonds. The Morgan fingerprint density at radius 1 is 1.21 bits per heavy atom. The molecule has 0 saturated carbocycles. The SMILES string of the molecule is Cc1noc(C)c1CSc1nc2ccccc2c(=O)n1CCC1=CCCCC1. The van der Waals surface area contributed by atoms with E-state index in [0.29, 0.717) is 17.7 Å². The summed E-state index contributed by atoms with van der Waals surface area (Å²) in [4.78, 5) is 18.0. The number of para-hydroxylation sites is 1. The molecule has 0 aliphatic heterocycles. The van der Waals surface area contributed by atoms with Gasteiger partial charge < -0.3 is 4.52 Å². The molecule has 0 unspecified atom stereocenters. The summed E-state index contributed by atoms with van der Waals surface area (Å²) in [6.45, 7) is 4.54. The highest BCUT2D eigenvalue weighted by Gasteiger charge is 2.15. The van der Waals surface area contributed by atoms with Crippen molar-refractivity contribution in [2.24, 2.45) is 0 Å². The predicted molar refractivity (Wildman–Crippen MR) is 113 cm³/mol. The predicted octanol–water partition coefficient (Wildman–Crippen LogP) is 5.18. The van der Waals surface area contributed by atoms with Gasteiger partial charge in [0.2, 0.25) is 0 Å². The zero-order valence-electron chi connectivity index (χ0n) is 16.4. The van der Waals surface area contributed by atoms with Crippen LogP contribution in [0.25, 0.3) is 10.9 Å². The average molecular weight is 396 g/mol. The maximum absolute atomic E-state index is 13.2. The lowest BCUT2D eigenvalue weighted by Gasteiger charge is -2.16. The van der Waals surface area contributed by atoms with Gasteiger partial charge in [-0.05, 0) is 58.1 Å². The minimum Gasteiger partial charge on any atom is -0.361 e. The third-order valence-corrected chi connectivity index (χ3v) is 6.40. The van der Waals surface area contributed by atoms with E-state index in [1.807, 2.05) is 42.7 Å². The number of thioether (sulfide) groups is 1. The number of nitrogens with zero attached hydrogens (tertiary/aromatic N) is 3. The maximum Gasteiger partial charge on any atom is 0.262 e. The van der Waals surface area contributed by atoms with Crippen LogP contribution in [0.3, 0.4) is 0 Å². The van der Waals surface area contributed by atoms with Gasteiger partial charge in [-0.1, -0.05) is 40.7 Å². The molecule has 3 aromatic rings. The summed E-state index contributed by atoms with van der Waals surface area (Å²) in [5.74, 6) is 1.52. The van der Waals surface area contributed by atoms with Crippen LogP contribution in [-0.2, 0) is 12.3 Å². The van der Waals surface area contributed by atoms with Crippen LogP contribution in [0.2, 0.25) is 0 Å². The number of hydrogen-bond donors (Lipinski definition) is 0. The van der Waals surface area contributed by atoms with Gasteiger partial charge in [0.1, 0.15) is 5.76 Å². The Bertz CT molecular complexity index is 1060. The first-order valence-electron chi connectivity index (χ1n) is 9.85. The van der Waals surface area contributed by atoms with Crippen LogP contribution < -0.4 is 5.56 Å². The van der Waals surface area contributed by atoms with E-state index >= 15 is 0 Å². The fraction of sp³-hybridized carbons (Fsp3) is 0.409. The van der Waals surface area contributed by atoms with Gasteiger partial charge in [0.05, 0.1) is 16.6 Å². The van der Waals surface area contributed by atoms with Gasteiger partial charge in [-0.15, -0.1) is 0 Å². The largest absolute Gasteiger partial charge is 0.361 e. The zero-order chi connectivity index (χ0) is 19.5. The van der Waals surface area contributed by atoms with E-state index in [4.69, 9.17) is 9.51 Å². The topological polar surface area (TPSA) is 60.9 Å². The Morgan fingerprint density at radius 3 is 2.82 bits per heavy atom. The highest BCUT2D eigenvalue weighted by molar-refractivity contribution is 7.98. The Balaban J connectivity index is 1.66. The van der Waals surface area contributed by atoms with E-state index in [9.17, 15) is 4.79 Å². The summed E-state index contributed by atoms with van der Waals surface area (Å²) in [5.41, 5.74) is 4.24. The van der Waals surface area contributed by atoms with Gasteiger partial charge in [0.15, 0.2) is 5.16 Å². The van der Waals surface area contributed by atoms with Crippen LogP contribution in [0.5, 0.6) is 0 Å². The number of aromatic nitrogens is 3. The molecule has 2 heterocycles. The summed E-state index contributed by atoms with van der Waals surface area (Å²) in [6, 6.07) is 7.60. The molecule has 1 aliphatic rings. The number of benzene rings is 1. The second kappa shape index (κ2) is 8.35. The van der Waals surface area contributed by atoms with E-state index in [0.717, 1.165) is 47.0 Å². The molecule has 4 rings (SSSR count). The molecule has 0 spiro atoms. The summed E-state index contributed by atoms with van der Waals surface area (Å²) < 4.78 is 7.12. The lowest BCUT2D eigenvalue weighted by molar-refractivity contribution is 0.392. The number of aryl methyl sites for hydroxylation is 2. The molecule has 2 aromatic heterocycles. The molecule has 0 bridgehead atoms. The fourth-order valence-corrected chi connectivity index (χ4v) is 4.87. The van der Waals surface area contributed by atoms with Crippen molar-refractivity contribution in [3.63, 3.8) is 0 Å². The summed E-state index contributed by atoms with van der Waals surface area (Å²) in [6.07, 6.45) is 8.10. The minimum absolute atomic E-state index is 0.0447. The number of allylic oxidation sites excluding steroid dienone is 2. The molecule has 1 aromatic carbocycles. The third kappa shape index (κ3) is 3.92. The first-order chi connectivity index (χ1) is 13.6. The Kier molecular flexibility index (Phi) is 5.67. The van der Waals surface area contributed by atoms with Crippen molar-refractivity contribution in [2.75, 3.05) is 0 Å². The van der Waals surface area contributed by atoms with Crippen LogP contribution in [0, 0.1) is 13.8 Å². The van der Waals surface area contributed by atoms with Gasteiger partial charge in [-0.2, -0.15) is 0 Å². The van der Waals surface area contributed by atoms with Crippen LogP contribution in [0.4, 0.5) is 0 Å². The molecule has 0 radical (unpaired) electrons. The molecule has 0 N–H and O–H groups in total. The lowest BCUT2D eigenvalue weighted by atomic mass is 9.97. The summed E-state index contributed by atoms with van der Waals surface area (Å²) in [7, 11) is 0. The van der Waals surface area contributed by atoms with E-state index in [-0.39, 0.29) is 5.56 Å². The molecular formula is C22H25N3O2S. The minimum atomic E-state index is 0.0447. The second-order valence-electron chi connectivity index (χ2n) is 7.32. The molecule has 0 atom stereocenters. The first kappa shape index (κ1) is 19.0. The van der Waals surface area contributed by atoms with Crippen molar-refractivity contribution in [3.05, 3.63) is 63.3 Å². The maximum atomic E-state index is 13.2. The number of fused-ring (bicyclic) bond motifs is 1. The Labute approximate surface area is 168 Å². The van der Waals surface area contributed by atoms with E-state index in [2.05, 4.69) is 11.2 Å². The summed E-state index contributed by atoms with van der Waals surface area (Å²) in [5, 5.41) is 5.48. The monoisotopic (exact) mass is 395 g/mol. The van der Waals surface area contributed by atoms with Gasteiger partial charge in [-0.3, -0.25) is 9.36 Å².